The molecular formula is C15H26N2O4. The predicted octanol–water partition coefficient (Wildman–Crippen LogP) is 0.659. The number of carbonyl (C=O) groups is 2. The molecule has 1 aliphatic heterocycles. The molecule has 1 saturated heterocycles. The first-order valence-corrected chi connectivity index (χ1v) is 7.39. The lowest BCUT2D eigenvalue weighted by molar-refractivity contribution is -0.139. The minimum absolute atomic E-state index is 0.118. The summed E-state index contributed by atoms with van der Waals surface area (Å²) in [5, 5.41) is 25.8. The van der Waals surface area contributed by atoms with Gasteiger partial charge in [0, 0.05) is 13.0 Å². The first kappa shape index (κ1) is 17.7. The highest BCUT2D eigenvalue weighted by atomic mass is 16.4. The van der Waals surface area contributed by atoms with Crippen LogP contribution in [0.4, 0.5) is 0 Å². The van der Waals surface area contributed by atoms with Crippen LogP contribution in [0.15, 0.2) is 12.7 Å². The Hall–Kier alpha value is -1.40. The van der Waals surface area contributed by atoms with E-state index in [0.29, 0.717) is 19.3 Å². The molecule has 4 atom stereocenters. The zero-order chi connectivity index (χ0) is 16.2. The topological polar surface area (TPSA) is 98.7 Å². The van der Waals surface area contributed by atoms with Gasteiger partial charge in [-0.2, -0.15) is 0 Å². The van der Waals surface area contributed by atoms with Crippen LogP contribution in [0.25, 0.3) is 0 Å². The predicted molar refractivity (Wildman–Crippen MR) is 79.8 cm³/mol. The van der Waals surface area contributed by atoms with Gasteiger partial charge in [0.05, 0.1) is 11.6 Å². The molecule has 0 aliphatic carbocycles. The van der Waals surface area contributed by atoms with Gasteiger partial charge in [-0.3, -0.25) is 14.9 Å². The zero-order valence-electron chi connectivity index (χ0n) is 12.9. The second-order valence-electron chi connectivity index (χ2n) is 5.71. The third kappa shape index (κ3) is 3.83. The van der Waals surface area contributed by atoms with Gasteiger partial charge in [-0.1, -0.05) is 19.9 Å². The van der Waals surface area contributed by atoms with Gasteiger partial charge in [0.2, 0.25) is 5.91 Å². The Labute approximate surface area is 125 Å². The number of carbonyl (C=O) groups excluding carboxylic acids is 1. The molecule has 4 N–H and O–H groups in total. The van der Waals surface area contributed by atoms with E-state index in [1.54, 1.807) is 6.08 Å². The Morgan fingerprint density at radius 1 is 1.48 bits per heavy atom. The number of carboxylic acids is 1. The van der Waals surface area contributed by atoms with Crippen LogP contribution in [-0.4, -0.2) is 45.8 Å². The van der Waals surface area contributed by atoms with Gasteiger partial charge in [0.25, 0.3) is 0 Å². The van der Waals surface area contributed by atoms with E-state index in [4.69, 9.17) is 0 Å². The summed E-state index contributed by atoms with van der Waals surface area (Å²) in [5.41, 5.74) is -1.09. The molecular weight excluding hydrogens is 272 g/mol. The van der Waals surface area contributed by atoms with Crippen molar-refractivity contribution in [1.29, 1.82) is 0 Å². The maximum atomic E-state index is 11.5. The van der Waals surface area contributed by atoms with Gasteiger partial charge in [0.1, 0.15) is 6.04 Å². The molecule has 0 saturated carbocycles. The van der Waals surface area contributed by atoms with E-state index < -0.39 is 23.7 Å². The number of carboxylic acid groups (broad SMARTS) is 1. The smallest absolute Gasteiger partial charge is 0.320 e. The van der Waals surface area contributed by atoms with Crippen LogP contribution in [0.1, 0.15) is 40.0 Å². The van der Waals surface area contributed by atoms with E-state index in [2.05, 4.69) is 17.2 Å². The van der Waals surface area contributed by atoms with Crippen LogP contribution in [0, 0.1) is 5.92 Å². The van der Waals surface area contributed by atoms with Crippen LogP contribution < -0.4 is 10.6 Å². The number of hydrogen-bond acceptors (Lipinski definition) is 4. The molecule has 21 heavy (non-hydrogen) atoms. The Kier molecular flexibility index (Phi) is 5.92. The van der Waals surface area contributed by atoms with Crippen LogP contribution in [0.3, 0.4) is 0 Å². The first-order valence-electron chi connectivity index (χ1n) is 7.39. The Morgan fingerprint density at radius 3 is 2.43 bits per heavy atom. The van der Waals surface area contributed by atoms with Crippen molar-refractivity contribution in [3.8, 4) is 0 Å². The fourth-order valence-corrected chi connectivity index (χ4v) is 3.07. The summed E-state index contributed by atoms with van der Waals surface area (Å²) in [6.07, 6.45) is 3.03. The van der Waals surface area contributed by atoms with Crippen molar-refractivity contribution in [1.82, 2.24) is 10.6 Å². The van der Waals surface area contributed by atoms with E-state index in [1.165, 1.54) is 6.92 Å². The summed E-state index contributed by atoms with van der Waals surface area (Å²) in [6.45, 7) is 8.85. The van der Waals surface area contributed by atoms with Gasteiger partial charge in [-0.05, 0) is 25.2 Å². The largest absolute Gasteiger partial charge is 0.480 e. The molecule has 0 radical (unpaired) electrons. The third-order valence-electron chi connectivity index (χ3n) is 4.48. The maximum Gasteiger partial charge on any atom is 0.320 e. The molecule has 1 fully saturated rings. The summed E-state index contributed by atoms with van der Waals surface area (Å²) in [7, 11) is 0. The van der Waals surface area contributed by atoms with E-state index in [0.717, 1.165) is 0 Å². The summed E-state index contributed by atoms with van der Waals surface area (Å²) in [4.78, 5) is 22.7. The van der Waals surface area contributed by atoms with Crippen LogP contribution in [0.2, 0.25) is 0 Å². The van der Waals surface area contributed by atoms with Gasteiger partial charge in [-0.15, -0.1) is 6.58 Å². The van der Waals surface area contributed by atoms with Crippen molar-refractivity contribution in [2.24, 2.45) is 5.92 Å². The monoisotopic (exact) mass is 298 g/mol. The normalized spacial score (nSPS) is 27.1. The van der Waals surface area contributed by atoms with Crippen molar-refractivity contribution < 1.29 is 19.8 Å². The summed E-state index contributed by atoms with van der Waals surface area (Å²) >= 11 is 0. The molecule has 1 amide bonds. The first-order chi connectivity index (χ1) is 9.78. The second kappa shape index (κ2) is 7.04. The number of aliphatic hydroxyl groups is 1. The van der Waals surface area contributed by atoms with Gasteiger partial charge < -0.3 is 15.5 Å². The van der Waals surface area contributed by atoms with Crippen LogP contribution >= 0.6 is 0 Å². The average Bonchev–Trinajstić information content (AvgIpc) is 2.87. The van der Waals surface area contributed by atoms with E-state index in [1.807, 2.05) is 13.8 Å². The highest BCUT2D eigenvalue weighted by Crippen LogP contribution is 2.31. The molecule has 6 heteroatoms. The highest BCUT2D eigenvalue weighted by Gasteiger charge is 2.47. The number of rotatable bonds is 7. The molecule has 0 bridgehead atoms. The summed E-state index contributed by atoms with van der Waals surface area (Å²) in [6, 6.07) is -1.60. The number of amides is 1. The van der Waals surface area contributed by atoms with E-state index >= 15 is 0 Å². The third-order valence-corrected chi connectivity index (χ3v) is 4.48. The maximum absolute atomic E-state index is 11.5. The van der Waals surface area contributed by atoms with E-state index in [9.17, 15) is 19.8 Å². The van der Waals surface area contributed by atoms with Crippen molar-refractivity contribution in [3.05, 3.63) is 12.7 Å². The standard InChI is InChI=1S/C15H26N2O4/c1-5-10-8-11(14(19)20)17-12(10)13(16-9(4)18)15(21,6-2)7-3/h5,10-13,17,21H,1,6-8H2,2-4H3,(H,16,18)(H,19,20)/t10-,11-,12-,13-/m1/s1. The quantitative estimate of drug-likeness (QED) is 0.518. The second-order valence-corrected chi connectivity index (χ2v) is 5.71. The molecule has 0 unspecified atom stereocenters. The molecule has 0 aromatic carbocycles. The minimum Gasteiger partial charge on any atom is -0.480 e. The van der Waals surface area contributed by atoms with Crippen molar-refractivity contribution in [2.75, 3.05) is 0 Å². The van der Waals surface area contributed by atoms with Crippen molar-refractivity contribution >= 4 is 11.9 Å². The lowest BCUT2D eigenvalue weighted by Gasteiger charge is -2.40. The highest BCUT2D eigenvalue weighted by molar-refractivity contribution is 5.75. The van der Waals surface area contributed by atoms with Crippen LogP contribution in [-0.2, 0) is 9.59 Å². The fourth-order valence-electron chi connectivity index (χ4n) is 3.07. The summed E-state index contributed by atoms with van der Waals surface area (Å²) < 4.78 is 0. The number of nitrogens with one attached hydrogen (secondary N) is 2. The zero-order valence-corrected chi connectivity index (χ0v) is 12.9. The van der Waals surface area contributed by atoms with Gasteiger partial charge in [0.15, 0.2) is 0 Å². The lowest BCUT2D eigenvalue weighted by atomic mass is 9.80. The molecule has 0 spiro atoms. The van der Waals surface area contributed by atoms with Crippen molar-refractivity contribution in [3.63, 3.8) is 0 Å². The minimum atomic E-state index is -1.09. The summed E-state index contributed by atoms with van der Waals surface area (Å²) in [5.74, 6) is -1.29. The Bertz CT molecular complexity index is 406. The molecule has 1 aliphatic rings. The molecule has 1 heterocycles. The molecule has 0 aromatic rings. The molecule has 0 aromatic heterocycles. The molecule has 1 rings (SSSR count). The average molecular weight is 298 g/mol. The van der Waals surface area contributed by atoms with E-state index in [-0.39, 0.29) is 17.9 Å². The number of aliphatic carboxylic acids is 1. The van der Waals surface area contributed by atoms with Gasteiger partial charge >= 0.3 is 5.97 Å². The molecule has 120 valence electrons. The fraction of sp³-hybridized carbons (Fsp3) is 0.733. The molecule has 6 nitrogen and oxygen atoms in total. The lowest BCUT2D eigenvalue weighted by Crippen LogP contribution is -2.62. The van der Waals surface area contributed by atoms with Gasteiger partial charge in [-0.25, -0.2) is 0 Å². The number of hydrogen-bond donors (Lipinski definition) is 4. The van der Waals surface area contributed by atoms with Crippen molar-refractivity contribution in [2.45, 2.75) is 63.8 Å². The Morgan fingerprint density at radius 2 is 2.05 bits per heavy atom. The SMILES string of the molecule is C=C[C@@H]1C[C@H](C(=O)O)N[C@H]1[C@@H](NC(C)=O)C(O)(CC)CC. The Balaban J connectivity index is 3.09. The van der Waals surface area contributed by atoms with Crippen LogP contribution in [0.5, 0.6) is 0 Å².